The summed E-state index contributed by atoms with van der Waals surface area (Å²) in [5.74, 6) is 0.871. The number of aromatic carboxylic acids is 1. The van der Waals surface area contributed by atoms with Gasteiger partial charge >= 0.3 is 5.97 Å². The SMILES string of the molecule is O=C(O)c1ccc2nc(CC3CC=C(c4cccc(OCc5ccc(Cl)cn5)n4)CC3)n(CC3CCO3)c2n1. The second-order valence-electron chi connectivity index (χ2n) is 9.96. The Bertz CT molecular complexity index is 1530. The molecule has 0 radical (unpaired) electrons. The van der Waals surface area contributed by atoms with Gasteiger partial charge in [0.25, 0.3) is 0 Å². The monoisotopic (exact) mass is 545 g/mol. The van der Waals surface area contributed by atoms with E-state index in [0.29, 0.717) is 35.6 Å². The molecule has 10 heteroatoms. The second-order valence-corrected chi connectivity index (χ2v) is 10.4. The lowest BCUT2D eigenvalue weighted by Gasteiger charge is -2.28. The number of allylic oxidation sites excluding steroid dienone is 2. The van der Waals surface area contributed by atoms with Crippen molar-refractivity contribution in [2.75, 3.05) is 6.61 Å². The summed E-state index contributed by atoms with van der Waals surface area (Å²) >= 11 is 5.91. The normalized spacial score (nSPS) is 18.9. The number of imidazole rings is 1. The number of ether oxygens (including phenoxy) is 2. The van der Waals surface area contributed by atoms with Crippen molar-refractivity contribution in [3.05, 3.63) is 82.7 Å². The zero-order valence-electron chi connectivity index (χ0n) is 21.3. The number of hydrogen-bond acceptors (Lipinski definition) is 7. The third kappa shape index (κ3) is 5.79. The van der Waals surface area contributed by atoms with Crippen molar-refractivity contribution in [3.8, 4) is 5.88 Å². The van der Waals surface area contributed by atoms with E-state index in [-0.39, 0.29) is 11.8 Å². The van der Waals surface area contributed by atoms with Crippen molar-refractivity contribution in [1.29, 1.82) is 0 Å². The van der Waals surface area contributed by atoms with Crippen LogP contribution >= 0.6 is 11.6 Å². The molecule has 6 rings (SSSR count). The summed E-state index contributed by atoms with van der Waals surface area (Å²) in [6, 6.07) is 12.7. The van der Waals surface area contributed by atoms with E-state index in [4.69, 9.17) is 31.0 Å². The number of aromatic nitrogens is 5. The highest BCUT2D eigenvalue weighted by Crippen LogP contribution is 2.33. The summed E-state index contributed by atoms with van der Waals surface area (Å²) in [5.41, 5.74) is 4.28. The van der Waals surface area contributed by atoms with E-state index < -0.39 is 5.97 Å². The standard InChI is InChI=1S/C29H28ClN5O4/c30-20-8-9-21(31-15-20)17-39-27-3-1-2-23(33-27)19-6-4-18(5-7-19)14-26-32-24-10-11-25(29(36)37)34-28(24)35(26)16-22-12-13-38-22/h1-3,6,8-11,15,18,22H,4-5,7,12-14,16-17H2,(H,36,37). The van der Waals surface area contributed by atoms with Gasteiger partial charge in [0.1, 0.15) is 17.9 Å². The van der Waals surface area contributed by atoms with Crippen LogP contribution in [0.2, 0.25) is 5.02 Å². The molecule has 1 fully saturated rings. The van der Waals surface area contributed by atoms with Gasteiger partial charge in [0, 0.05) is 25.3 Å². The number of pyridine rings is 3. The molecule has 1 saturated heterocycles. The summed E-state index contributed by atoms with van der Waals surface area (Å²) in [7, 11) is 0. The summed E-state index contributed by atoms with van der Waals surface area (Å²) in [6.45, 7) is 1.72. The third-order valence-corrected chi connectivity index (χ3v) is 7.49. The zero-order chi connectivity index (χ0) is 26.8. The summed E-state index contributed by atoms with van der Waals surface area (Å²) in [4.78, 5) is 29.7. The number of rotatable bonds is 9. The molecular formula is C29H28ClN5O4. The lowest BCUT2D eigenvalue weighted by Crippen LogP contribution is -2.32. The fraction of sp³-hybridized carbons (Fsp3) is 0.345. The Hall–Kier alpha value is -3.82. The van der Waals surface area contributed by atoms with Gasteiger partial charge in [-0.15, -0.1) is 0 Å². The molecule has 5 heterocycles. The van der Waals surface area contributed by atoms with Crippen LogP contribution in [-0.4, -0.2) is 48.3 Å². The highest BCUT2D eigenvalue weighted by atomic mass is 35.5. The van der Waals surface area contributed by atoms with E-state index in [1.807, 2.05) is 24.3 Å². The summed E-state index contributed by atoms with van der Waals surface area (Å²) in [6.07, 6.45) is 8.59. The van der Waals surface area contributed by atoms with Gasteiger partial charge in [-0.1, -0.05) is 23.7 Å². The predicted octanol–water partition coefficient (Wildman–Crippen LogP) is 5.37. The number of halogens is 1. The molecule has 2 unspecified atom stereocenters. The number of nitrogens with zero attached hydrogens (tertiary/aromatic N) is 5. The van der Waals surface area contributed by atoms with Crippen LogP contribution in [0.1, 0.15) is 53.4 Å². The lowest BCUT2D eigenvalue weighted by atomic mass is 9.86. The van der Waals surface area contributed by atoms with Crippen LogP contribution in [0.5, 0.6) is 5.88 Å². The zero-order valence-corrected chi connectivity index (χ0v) is 22.0. The number of hydrogen-bond donors (Lipinski definition) is 1. The van der Waals surface area contributed by atoms with Crippen LogP contribution < -0.4 is 4.74 Å². The topological polar surface area (TPSA) is 112 Å². The number of carboxylic acid groups (broad SMARTS) is 1. The second kappa shape index (κ2) is 11.1. The third-order valence-electron chi connectivity index (χ3n) is 7.27. The minimum Gasteiger partial charge on any atom is -0.477 e. The molecule has 1 aliphatic carbocycles. The molecule has 0 amide bonds. The Morgan fingerprint density at radius 3 is 2.74 bits per heavy atom. The maximum Gasteiger partial charge on any atom is 0.354 e. The highest BCUT2D eigenvalue weighted by Gasteiger charge is 2.25. The average molecular weight is 546 g/mol. The Morgan fingerprint density at radius 2 is 2.03 bits per heavy atom. The van der Waals surface area contributed by atoms with Crippen LogP contribution in [0.4, 0.5) is 0 Å². The van der Waals surface area contributed by atoms with E-state index in [9.17, 15) is 9.90 Å². The number of fused-ring (bicyclic) bond motifs is 1. The van der Waals surface area contributed by atoms with Gasteiger partial charge in [0.2, 0.25) is 5.88 Å². The van der Waals surface area contributed by atoms with Crippen LogP contribution in [0.15, 0.2) is 54.7 Å². The van der Waals surface area contributed by atoms with Crippen molar-refractivity contribution in [3.63, 3.8) is 0 Å². The molecule has 0 aromatic carbocycles. The van der Waals surface area contributed by atoms with Gasteiger partial charge in [0.15, 0.2) is 11.3 Å². The maximum atomic E-state index is 11.5. The first-order valence-corrected chi connectivity index (χ1v) is 13.5. The first-order chi connectivity index (χ1) is 19.0. The quantitative estimate of drug-likeness (QED) is 0.299. The smallest absolute Gasteiger partial charge is 0.354 e. The minimum atomic E-state index is -1.04. The fourth-order valence-electron chi connectivity index (χ4n) is 5.03. The van der Waals surface area contributed by atoms with E-state index in [0.717, 1.165) is 61.4 Å². The molecule has 39 heavy (non-hydrogen) atoms. The average Bonchev–Trinajstić information content (AvgIpc) is 3.26. The Morgan fingerprint density at radius 1 is 1.13 bits per heavy atom. The van der Waals surface area contributed by atoms with Crippen molar-refractivity contribution in [2.24, 2.45) is 5.92 Å². The molecule has 2 atom stereocenters. The van der Waals surface area contributed by atoms with Gasteiger partial charge in [-0.2, -0.15) is 0 Å². The van der Waals surface area contributed by atoms with Crippen LogP contribution in [-0.2, 0) is 24.3 Å². The summed E-state index contributed by atoms with van der Waals surface area (Å²) in [5, 5.41) is 10.0. The number of carbonyl (C=O) groups is 1. The Kier molecular flexibility index (Phi) is 7.26. The molecule has 1 aliphatic heterocycles. The Balaban J connectivity index is 1.15. The van der Waals surface area contributed by atoms with E-state index in [1.54, 1.807) is 18.3 Å². The first-order valence-electron chi connectivity index (χ1n) is 13.1. The van der Waals surface area contributed by atoms with E-state index in [2.05, 4.69) is 20.6 Å². The highest BCUT2D eigenvalue weighted by molar-refractivity contribution is 6.30. The van der Waals surface area contributed by atoms with Crippen LogP contribution in [0, 0.1) is 5.92 Å². The molecule has 9 nitrogen and oxygen atoms in total. The molecule has 1 N–H and O–H groups in total. The molecule has 4 aromatic rings. The largest absolute Gasteiger partial charge is 0.477 e. The van der Waals surface area contributed by atoms with Crippen molar-refractivity contribution < 1.29 is 19.4 Å². The fourth-order valence-corrected chi connectivity index (χ4v) is 5.14. The maximum absolute atomic E-state index is 11.5. The molecule has 200 valence electrons. The Labute approximate surface area is 230 Å². The van der Waals surface area contributed by atoms with Crippen molar-refractivity contribution in [1.82, 2.24) is 24.5 Å². The van der Waals surface area contributed by atoms with Crippen molar-refractivity contribution in [2.45, 2.75) is 51.4 Å². The van der Waals surface area contributed by atoms with E-state index >= 15 is 0 Å². The molecule has 0 bridgehead atoms. The summed E-state index contributed by atoms with van der Waals surface area (Å²) < 4.78 is 13.6. The van der Waals surface area contributed by atoms with Gasteiger partial charge in [-0.3, -0.25) is 4.98 Å². The van der Waals surface area contributed by atoms with Crippen molar-refractivity contribution >= 4 is 34.3 Å². The molecule has 0 saturated carbocycles. The van der Waals surface area contributed by atoms with Crippen LogP contribution in [0.3, 0.4) is 0 Å². The van der Waals surface area contributed by atoms with Gasteiger partial charge in [0.05, 0.1) is 29.1 Å². The predicted molar refractivity (Wildman–Crippen MR) is 146 cm³/mol. The number of carboxylic acids is 1. The first kappa shape index (κ1) is 25.5. The molecular weight excluding hydrogens is 518 g/mol. The van der Waals surface area contributed by atoms with Gasteiger partial charge in [-0.25, -0.2) is 19.7 Å². The molecule has 4 aromatic heterocycles. The molecule has 2 aliphatic rings. The minimum absolute atomic E-state index is 0.0260. The van der Waals surface area contributed by atoms with Crippen LogP contribution in [0.25, 0.3) is 16.7 Å². The molecule has 0 spiro atoms. The van der Waals surface area contributed by atoms with E-state index in [1.165, 1.54) is 11.6 Å². The lowest BCUT2D eigenvalue weighted by molar-refractivity contribution is -0.0591. The van der Waals surface area contributed by atoms with Gasteiger partial charge in [-0.05, 0) is 67.5 Å². The van der Waals surface area contributed by atoms with Gasteiger partial charge < -0.3 is 19.1 Å².